The average molecular weight is 370 g/mol. The number of nitrogens with one attached hydrogen (secondary N) is 1. The molecule has 9 heteroatoms. The van der Waals surface area contributed by atoms with Crippen LogP contribution in [-0.4, -0.2) is 50.0 Å². The summed E-state index contributed by atoms with van der Waals surface area (Å²) < 4.78 is 5.29. The molecule has 0 radical (unpaired) electrons. The van der Waals surface area contributed by atoms with Crippen LogP contribution in [0.25, 0.3) is 10.8 Å². The van der Waals surface area contributed by atoms with E-state index < -0.39 is 0 Å². The fraction of sp³-hybridized carbons (Fsp3) is 0.353. The predicted octanol–water partition coefficient (Wildman–Crippen LogP) is 1.98. The number of hydrogen-bond acceptors (Lipinski definition) is 8. The molecule has 8 nitrogen and oxygen atoms in total. The summed E-state index contributed by atoms with van der Waals surface area (Å²) in [5.41, 5.74) is 0.395. The second kappa shape index (κ2) is 7.71. The molecule has 4 heterocycles. The molecule has 1 N–H and O–H groups in total. The Bertz CT molecular complexity index is 843. The third-order valence-corrected chi connectivity index (χ3v) is 5.17. The Kier molecular flexibility index (Phi) is 4.98. The Balaban J connectivity index is 1.26. The van der Waals surface area contributed by atoms with Crippen LogP contribution >= 0.6 is 11.3 Å². The fourth-order valence-corrected chi connectivity index (χ4v) is 3.56. The molecule has 4 rings (SSSR count). The van der Waals surface area contributed by atoms with Gasteiger partial charge in [-0.1, -0.05) is 11.2 Å². The molecule has 26 heavy (non-hydrogen) atoms. The van der Waals surface area contributed by atoms with Crippen LogP contribution in [0.4, 0.5) is 0 Å². The van der Waals surface area contributed by atoms with Crippen LogP contribution in [0.1, 0.15) is 29.2 Å². The second-order valence-electron chi connectivity index (χ2n) is 6.03. The van der Waals surface area contributed by atoms with Gasteiger partial charge in [0, 0.05) is 31.5 Å². The molecule has 0 unspecified atom stereocenters. The number of rotatable bonds is 5. The van der Waals surface area contributed by atoms with Crippen molar-refractivity contribution in [1.29, 1.82) is 0 Å². The first-order valence-electron chi connectivity index (χ1n) is 8.45. The monoisotopic (exact) mass is 370 g/mol. The van der Waals surface area contributed by atoms with Crippen molar-refractivity contribution in [3.8, 4) is 10.8 Å². The maximum Gasteiger partial charge on any atom is 0.274 e. The van der Waals surface area contributed by atoms with Crippen molar-refractivity contribution < 1.29 is 9.32 Å². The minimum Gasteiger partial charge on any atom is -0.337 e. The van der Waals surface area contributed by atoms with Crippen LogP contribution in [0.5, 0.6) is 0 Å². The van der Waals surface area contributed by atoms with E-state index in [-0.39, 0.29) is 5.91 Å². The average Bonchev–Trinajstić information content (AvgIpc) is 3.38. The van der Waals surface area contributed by atoms with Gasteiger partial charge in [-0.15, -0.1) is 11.3 Å². The highest BCUT2D eigenvalue weighted by Crippen LogP contribution is 2.22. The smallest absolute Gasteiger partial charge is 0.274 e. The van der Waals surface area contributed by atoms with Crippen LogP contribution in [-0.2, 0) is 6.54 Å². The minimum atomic E-state index is -0.0599. The Morgan fingerprint density at radius 3 is 2.96 bits per heavy atom. The van der Waals surface area contributed by atoms with E-state index in [1.807, 2.05) is 22.4 Å². The molecule has 1 aliphatic heterocycles. The number of likely N-dealkylation sites (tertiary alicyclic amines) is 1. The quantitative estimate of drug-likeness (QED) is 0.733. The molecule has 3 aromatic heterocycles. The number of thiophene rings is 1. The molecule has 1 amide bonds. The first kappa shape index (κ1) is 16.8. The van der Waals surface area contributed by atoms with E-state index in [1.165, 1.54) is 12.4 Å². The summed E-state index contributed by atoms with van der Waals surface area (Å²) in [4.78, 5) is 27.6. The molecular formula is C17H18N6O2S. The molecule has 3 aromatic rings. The normalized spacial score (nSPS) is 15.3. The standard InChI is InChI=1S/C17H18N6O2S/c24-17(13-10-18-5-6-19-13)23-7-3-12(4-8-23)20-11-15-21-16(25-22-15)14-2-1-9-26-14/h1-2,5-6,9-10,12,20H,3-4,7-8,11H2. The van der Waals surface area contributed by atoms with Crippen molar-refractivity contribution in [3.05, 3.63) is 47.6 Å². The SMILES string of the molecule is O=C(c1cnccn1)N1CCC(NCc2noc(-c3cccs3)n2)CC1. The molecule has 0 bridgehead atoms. The molecule has 0 aromatic carbocycles. The number of amides is 1. The van der Waals surface area contributed by atoms with Crippen LogP contribution in [0, 0.1) is 0 Å². The molecule has 134 valence electrons. The van der Waals surface area contributed by atoms with E-state index >= 15 is 0 Å². The van der Waals surface area contributed by atoms with Crippen molar-refractivity contribution in [1.82, 2.24) is 30.3 Å². The molecule has 1 aliphatic rings. The van der Waals surface area contributed by atoms with Gasteiger partial charge in [0.15, 0.2) is 5.82 Å². The van der Waals surface area contributed by atoms with Gasteiger partial charge in [-0.25, -0.2) is 4.98 Å². The third kappa shape index (κ3) is 3.78. The molecule has 0 aliphatic carbocycles. The van der Waals surface area contributed by atoms with E-state index in [0.29, 0.717) is 43.1 Å². The van der Waals surface area contributed by atoms with Gasteiger partial charge in [-0.2, -0.15) is 4.98 Å². The van der Waals surface area contributed by atoms with E-state index in [1.54, 1.807) is 17.5 Å². The van der Waals surface area contributed by atoms with Crippen molar-refractivity contribution in [2.75, 3.05) is 13.1 Å². The first-order valence-corrected chi connectivity index (χ1v) is 9.33. The summed E-state index contributed by atoms with van der Waals surface area (Å²) in [6, 6.07) is 4.24. The van der Waals surface area contributed by atoms with Gasteiger partial charge in [0.25, 0.3) is 11.8 Å². The maximum absolute atomic E-state index is 12.4. The van der Waals surface area contributed by atoms with Gasteiger partial charge in [-0.05, 0) is 24.3 Å². The zero-order chi connectivity index (χ0) is 17.8. The van der Waals surface area contributed by atoms with Crippen molar-refractivity contribution in [3.63, 3.8) is 0 Å². The zero-order valence-corrected chi connectivity index (χ0v) is 14.9. The minimum absolute atomic E-state index is 0.0599. The summed E-state index contributed by atoms with van der Waals surface area (Å²) in [7, 11) is 0. The number of carbonyl (C=O) groups excluding carboxylic acids is 1. The first-order chi connectivity index (χ1) is 12.8. The van der Waals surface area contributed by atoms with E-state index in [0.717, 1.165) is 17.7 Å². The van der Waals surface area contributed by atoms with Gasteiger partial charge < -0.3 is 14.7 Å². The lowest BCUT2D eigenvalue weighted by Crippen LogP contribution is -2.45. The number of aromatic nitrogens is 4. The molecule has 1 saturated heterocycles. The van der Waals surface area contributed by atoms with E-state index in [4.69, 9.17) is 4.52 Å². The lowest BCUT2D eigenvalue weighted by atomic mass is 10.0. The van der Waals surface area contributed by atoms with Gasteiger partial charge in [0.1, 0.15) is 5.69 Å². The Hall–Kier alpha value is -2.65. The summed E-state index contributed by atoms with van der Waals surface area (Å²) in [6.07, 6.45) is 6.36. The van der Waals surface area contributed by atoms with Crippen LogP contribution < -0.4 is 5.32 Å². The van der Waals surface area contributed by atoms with Gasteiger partial charge in [0.05, 0.1) is 17.6 Å². The van der Waals surface area contributed by atoms with E-state index in [9.17, 15) is 4.79 Å². The Morgan fingerprint density at radius 1 is 1.35 bits per heavy atom. The molecular weight excluding hydrogens is 352 g/mol. The Labute approximate surface area is 154 Å². The molecule has 0 saturated carbocycles. The van der Waals surface area contributed by atoms with E-state index in [2.05, 4.69) is 25.4 Å². The number of hydrogen-bond donors (Lipinski definition) is 1. The van der Waals surface area contributed by atoms with Gasteiger partial charge in [0.2, 0.25) is 0 Å². The molecule has 1 fully saturated rings. The van der Waals surface area contributed by atoms with Crippen molar-refractivity contribution in [2.45, 2.75) is 25.4 Å². The number of nitrogens with zero attached hydrogens (tertiary/aromatic N) is 5. The molecule has 0 atom stereocenters. The maximum atomic E-state index is 12.4. The fourth-order valence-electron chi connectivity index (χ4n) is 2.92. The topological polar surface area (TPSA) is 97.0 Å². The molecule has 0 spiro atoms. The third-order valence-electron chi connectivity index (χ3n) is 4.31. The lowest BCUT2D eigenvalue weighted by molar-refractivity contribution is 0.0698. The lowest BCUT2D eigenvalue weighted by Gasteiger charge is -2.32. The summed E-state index contributed by atoms with van der Waals surface area (Å²) in [6.45, 7) is 1.94. The van der Waals surface area contributed by atoms with Gasteiger partial charge >= 0.3 is 0 Å². The van der Waals surface area contributed by atoms with Crippen molar-refractivity contribution >= 4 is 17.2 Å². The highest BCUT2D eigenvalue weighted by molar-refractivity contribution is 7.13. The van der Waals surface area contributed by atoms with Gasteiger partial charge in [-0.3, -0.25) is 9.78 Å². The predicted molar refractivity (Wildman–Crippen MR) is 95.4 cm³/mol. The van der Waals surface area contributed by atoms with Crippen LogP contribution in [0.15, 0.2) is 40.6 Å². The number of piperidine rings is 1. The number of carbonyl (C=O) groups is 1. The zero-order valence-electron chi connectivity index (χ0n) is 14.0. The highest BCUT2D eigenvalue weighted by atomic mass is 32.1. The van der Waals surface area contributed by atoms with Crippen LogP contribution in [0.3, 0.4) is 0 Å². The summed E-state index contributed by atoms with van der Waals surface area (Å²) >= 11 is 1.57. The summed E-state index contributed by atoms with van der Waals surface area (Å²) in [5, 5.41) is 9.45. The highest BCUT2D eigenvalue weighted by Gasteiger charge is 2.24. The second-order valence-corrected chi connectivity index (χ2v) is 6.98. The van der Waals surface area contributed by atoms with Crippen LogP contribution in [0.2, 0.25) is 0 Å². The van der Waals surface area contributed by atoms with Crippen molar-refractivity contribution in [2.24, 2.45) is 0 Å². The Morgan fingerprint density at radius 2 is 2.23 bits per heavy atom. The summed E-state index contributed by atoms with van der Waals surface area (Å²) in [5.74, 6) is 1.14. The largest absolute Gasteiger partial charge is 0.337 e.